The lowest BCUT2D eigenvalue weighted by atomic mass is 9.87. The minimum Gasteiger partial charge on any atom is -0.330 e. The molecule has 3 nitrogen and oxygen atoms in total. The van der Waals surface area contributed by atoms with Gasteiger partial charge >= 0.3 is 0 Å². The van der Waals surface area contributed by atoms with Gasteiger partial charge in [-0.15, -0.1) is 0 Å². The van der Waals surface area contributed by atoms with E-state index in [1.54, 1.807) is 0 Å². The third-order valence-corrected chi connectivity index (χ3v) is 5.12. The van der Waals surface area contributed by atoms with Crippen molar-refractivity contribution in [3.05, 3.63) is 15.9 Å². The first-order valence-electron chi connectivity index (χ1n) is 6.51. The molecule has 1 aliphatic carbocycles. The molecule has 1 unspecified atom stereocenters. The van der Waals surface area contributed by atoms with Gasteiger partial charge in [-0.3, -0.25) is 4.68 Å². The molecule has 4 heteroatoms. The van der Waals surface area contributed by atoms with E-state index >= 15 is 0 Å². The Bertz CT molecular complexity index is 380. The molecule has 1 aromatic rings. The van der Waals surface area contributed by atoms with E-state index < -0.39 is 0 Å². The number of aromatic nitrogens is 2. The molecule has 1 atom stereocenters. The molecule has 1 aromatic heterocycles. The van der Waals surface area contributed by atoms with Gasteiger partial charge in [0.1, 0.15) is 0 Å². The summed E-state index contributed by atoms with van der Waals surface area (Å²) >= 11 is 3.64. The van der Waals surface area contributed by atoms with Crippen molar-refractivity contribution in [3.8, 4) is 0 Å². The van der Waals surface area contributed by atoms with Gasteiger partial charge in [0.05, 0.1) is 15.9 Å². The summed E-state index contributed by atoms with van der Waals surface area (Å²) in [5.74, 6) is 1.44. The molecule has 1 saturated carbocycles. The molecule has 0 saturated heterocycles. The first-order valence-corrected chi connectivity index (χ1v) is 7.30. The van der Waals surface area contributed by atoms with Gasteiger partial charge in [-0.1, -0.05) is 25.7 Å². The van der Waals surface area contributed by atoms with Crippen LogP contribution in [0.5, 0.6) is 0 Å². The van der Waals surface area contributed by atoms with Crippen LogP contribution in [-0.4, -0.2) is 16.3 Å². The van der Waals surface area contributed by atoms with Crippen molar-refractivity contribution in [2.45, 2.75) is 39.0 Å². The van der Waals surface area contributed by atoms with Crippen LogP contribution in [0, 0.1) is 18.8 Å². The van der Waals surface area contributed by atoms with Crippen molar-refractivity contribution >= 4 is 15.9 Å². The summed E-state index contributed by atoms with van der Waals surface area (Å²) in [6, 6.07) is 0. The van der Waals surface area contributed by atoms with Gasteiger partial charge in [-0.2, -0.15) is 5.10 Å². The molecule has 96 valence electrons. The van der Waals surface area contributed by atoms with Crippen molar-refractivity contribution in [1.29, 1.82) is 0 Å². The number of rotatable bonds is 4. The highest BCUT2D eigenvalue weighted by Crippen LogP contribution is 2.34. The van der Waals surface area contributed by atoms with Crippen LogP contribution < -0.4 is 5.73 Å². The molecule has 0 spiro atoms. The normalized spacial score (nSPS) is 18.8. The zero-order valence-electron chi connectivity index (χ0n) is 10.7. The first-order chi connectivity index (χ1) is 8.13. The van der Waals surface area contributed by atoms with Gasteiger partial charge in [0, 0.05) is 7.05 Å². The Kier molecular flexibility index (Phi) is 4.26. The van der Waals surface area contributed by atoms with E-state index in [1.165, 1.54) is 31.4 Å². The van der Waals surface area contributed by atoms with Crippen LogP contribution in [0.3, 0.4) is 0 Å². The van der Waals surface area contributed by atoms with Gasteiger partial charge in [0.15, 0.2) is 0 Å². The second-order valence-electron chi connectivity index (χ2n) is 5.21. The first kappa shape index (κ1) is 13.1. The van der Waals surface area contributed by atoms with E-state index in [2.05, 4.69) is 21.0 Å². The minimum atomic E-state index is 0.614. The summed E-state index contributed by atoms with van der Waals surface area (Å²) in [7, 11) is 2.02. The monoisotopic (exact) mass is 299 g/mol. The summed E-state index contributed by atoms with van der Waals surface area (Å²) in [6.45, 7) is 2.84. The quantitative estimate of drug-likeness (QED) is 0.929. The Morgan fingerprint density at radius 1 is 1.47 bits per heavy atom. The van der Waals surface area contributed by atoms with Gasteiger partial charge in [0.2, 0.25) is 0 Å². The highest BCUT2D eigenvalue weighted by molar-refractivity contribution is 9.10. The maximum atomic E-state index is 5.96. The van der Waals surface area contributed by atoms with Crippen molar-refractivity contribution in [3.63, 3.8) is 0 Å². The zero-order chi connectivity index (χ0) is 12.4. The van der Waals surface area contributed by atoms with Crippen LogP contribution in [0.4, 0.5) is 0 Å². The van der Waals surface area contributed by atoms with Crippen molar-refractivity contribution in [1.82, 2.24) is 9.78 Å². The summed E-state index contributed by atoms with van der Waals surface area (Å²) in [5, 5.41) is 4.45. The summed E-state index contributed by atoms with van der Waals surface area (Å²) in [4.78, 5) is 0. The van der Waals surface area contributed by atoms with Gasteiger partial charge < -0.3 is 5.73 Å². The lowest BCUT2D eigenvalue weighted by Crippen LogP contribution is -2.25. The van der Waals surface area contributed by atoms with E-state index in [4.69, 9.17) is 5.73 Å². The standard InChI is InChI=1S/C13H22BrN3/c1-9-13(14)12(17(2)16-9)7-11(8-15)10-5-3-4-6-10/h10-11H,3-8,15H2,1-2H3. The summed E-state index contributed by atoms with van der Waals surface area (Å²) in [6.07, 6.45) is 6.53. The molecule has 0 aliphatic heterocycles. The van der Waals surface area contributed by atoms with Gasteiger partial charge in [-0.25, -0.2) is 0 Å². The van der Waals surface area contributed by atoms with Crippen LogP contribution in [-0.2, 0) is 13.5 Å². The smallest absolute Gasteiger partial charge is 0.0738 e. The van der Waals surface area contributed by atoms with Crippen LogP contribution in [0.2, 0.25) is 0 Å². The molecule has 0 bridgehead atoms. The fourth-order valence-electron chi connectivity index (χ4n) is 3.02. The fraction of sp³-hybridized carbons (Fsp3) is 0.769. The Hall–Kier alpha value is -0.350. The minimum absolute atomic E-state index is 0.614. The second kappa shape index (κ2) is 5.53. The zero-order valence-corrected chi connectivity index (χ0v) is 12.3. The Morgan fingerprint density at radius 2 is 2.12 bits per heavy atom. The van der Waals surface area contributed by atoms with Crippen molar-refractivity contribution in [2.24, 2.45) is 24.6 Å². The van der Waals surface area contributed by atoms with E-state index in [0.717, 1.165) is 29.1 Å². The maximum absolute atomic E-state index is 5.96. The molecule has 1 aliphatic rings. The SMILES string of the molecule is Cc1nn(C)c(CC(CN)C2CCCC2)c1Br. The number of hydrogen-bond acceptors (Lipinski definition) is 2. The fourth-order valence-corrected chi connectivity index (χ4v) is 3.52. The molecular weight excluding hydrogens is 278 g/mol. The number of nitrogens with zero attached hydrogens (tertiary/aromatic N) is 2. The van der Waals surface area contributed by atoms with Gasteiger partial charge in [0.25, 0.3) is 0 Å². The molecule has 17 heavy (non-hydrogen) atoms. The highest BCUT2D eigenvalue weighted by Gasteiger charge is 2.26. The van der Waals surface area contributed by atoms with E-state index in [1.807, 2.05) is 18.7 Å². The molecule has 0 aromatic carbocycles. The molecule has 0 amide bonds. The van der Waals surface area contributed by atoms with Crippen LogP contribution >= 0.6 is 15.9 Å². The molecule has 1 fully saturated rings. The van der Waals surface area contributed by atoms with Crippen molar-refractivity contribution < 1.29 is 0 Å². The number of hydrogen-bond donors (Lipinski definition) is 1. The van der Waals surface area contributed by atoms with Crippen LogP contribution in [0.1, 0.15) is 37.1 Å². The molecule has 2 N–H and O–H groups in total. The lowest BCUT2D eigenvalue weighted by Gasteiger charge is -2.21. The predicted molar refractivity (Wildman–Crippen MR) is 73.9 cm³/mol. The van der Waals surface area contributed by atoms with Crippen molar-refractivity contribution in [2.75, 3.05) is 6.54 Å². The third-order valence-electron chi connectivity index (χ3n) is 4.09. The third kappa shape index (κ3) is 2.74. The molecule has 2 rings (SSSR count). The maximum Gasteiger partial charge on any atom is 0.0738 e. The Labute approximate surface area is 112 Å². The summed E-state index contributed by atoms with van der Waals surface area (Å²) in [5.41, 5.74) is 8.33. The number of aryl methyl sites for hydroxylation is 2. The average molecular weight is 300 g/mol. The Balaban J connectivity index is 2.12. The van der Waals surface area contributed by atoms with Gasteiger partial charge in [-0.05, 0) is 47.7 Å². The molecular formula is C13H22BrN3. The highest BCUT2D eigenvalue weighted by atomic mass is 79.9. The number of halogens is 1. The predicted octanol–water partition coefficient (Wildman–Crippen LogP) is 2.80. The van der Waals surface area contributed by atoms with Crippen LogP contribution in [0.25, 0.3) is 0 Å². The lowest BCUT2D eigenvalue weighted by molar-refractivity contribution is 0.338. The summed E-state index contributed by atoms with van der Waals surface area (Å²) < 4.78 is 3.16. The van der Waals surface area contributed by atoms with E-state index in [0.29, 0.717) is 5.92 Å². The molecule has 0 radical (unpaired) electrons. The van der Waals surface area contributed by atoms with E-state index in [9.17, 15) is 0 Å². The van der Waals surface area contributed by atoms with Crippen LogP contribution in [0.15, 0.2) is 4.47 Å². The Morgan fingerprint density at radius 3 is 2.59 bits per heavy atom. The number of nitrogens with two attached hydrogens (primary N) is 1. The largest absolute Gasteiger partial charge is 0.330 e. The second-order valence-corrected chi connectivity index (χ2v) is 6.01. The average Bonchev–Trinajstić information content (AvgIpc) is 2.89. The molecule has 1 heterocycles. The van der Waals surface area contributed by atoms with E-state index in [-0.39, 0.29) is 0 Å². The topological polar surface area (TPSA) is 43.8 Å².